The van der Waals surface area contributed by atoms with Gasteiger partial charge in [-0.25, -0.2) is 12.8 Å². The SMILES string of the molecule is CC(C)S(=O)(=O)N1CC(O)(c2ccc(-c3ccc([C@@H](O)[C@@H](CF)NC(=O)C(F)F)cc3)cn2)C1. The summed E-state index contributed by atoms with van der Waals surface area (Å²) in [6, 6.07) is 7.92. The second kappa shape index (κ2) is 9.98. The van der Waals surface area contributed by atoms with E-state index in [9.17, 15) is 36.6 Å². The molecule has 186 valence electrons. The molecule has 0 aliphatic carbocycles. The first-order chi connectivity index (χ1) is 15.9. The van der Waals surface area contributed by atoms with Crippen molar-refractivity contribution in [2.75, 3.05) is 19.8 Å². The Bertz CT molecular complexity index is 1110. The monoisotopic (exact) mass is 501 g/mol. The molecule has 0 unspecified atom stereocenters. The van der Waals surface area contributed by atoms with E-state index in [0.717, 1.165) is 0 Å². The Balaban J connectivity index is 1.68. The Hall–Kier alpha value is -2.54. The van der Waals surface area contributed by atoms with Gasteiger partial charge < -0.3 is 15.5 Å². The van der Waals surface area contributed by atoms with Crippen LogP contribution in [0.3, 0.4) is 0 Å². The van der Waals surface area contributed by atoms with Gasteiger partial charge in [0.05, 0.1) is 17.0 Å². The molecule has 1 aliphatic rings. The number of carbonyl (C=O) groups is 1. The minimum Gasteiger partial charge on any atom is -0.386 e. The van der Waals surface area contributed by atoms with Crippen molar-refractivity contribution in [1.29, 1.82) is 0 Å². The van der Waals surface area contributed by atoms with Gasteiger partial charge in [0, 0.05) is 24.8 Å². The van der Waals surface area contributed by atoms with E-state index in [1.807, 2.05) is 0 Å². The number of nitrogens with zero attached hydrogens (tertiary/aromatic N) is 2. The Morgan fingerprint density at radius 2 is 1.74 bits per heavy atom. The molecule has 2 aromatic rings. The number of aliphatic hydroxyl groups excluding tert-OH is 1. The molecule has 34 heavy (non-hydrogen) atoms. The highest BCUT2D eigenvalue weighted by atomic mass is 32.2. The summed E-state index contributed by atoms with van der Waals surface area (Å²) in [5, 5.41) is 22.2. The first-order valence-electron chi connectivity index (χ1n) is 10.5. The first kappa shape index (κ1) is 26.1. The smallest absolute Gasteiger partial charge is 0.315 e. The van der Waals surface area contributed by atoms with E-state index in [-0.39, 0.29) is 18.7 Å². The summed E-state index contributed by atoms with van der Waals surface area (Å²) in [5.41, 5.74) is 0.513. The quantitative estimate of drug-likeness (QED) is 0.482. The second-order valence-electron chi connectivity index (χ2n) is 8.46. The topological polar surface area (TPSA) is 120 Å². The van der Waals surface area contributed by atoms with Crippen LogP contribution in [0.5, 0.6) is 0 Å². The third-order valence-corrected chi connectivity index (χ3v) is 7.90. The molecule has 1 aromatic heterocycles. The molecule has 12 heteroatoms. The number of nitrogens with one attached hydrogen (secondary N) is 1. The van der Waals surface area contributed by atoms with Crippen molar-refractivity contribution in [1.82, 2.24) is 14.6 Å². The van der Waals surface area contributed by atoms with Gasteiger partial charge >= 0.3 is 6.43 Å². The zero-order valence-corrected chi connectivity index (χ0v) is 19.3. The maximum absolute atomic E-state index is 13.2. The van der Waals surface area contributed by atoms with E-state index in [4.69, 9.17) is 0 Å². The molecule has 2 atom stereocenters. The number of amides is 1. The van der Waals surface area contributed by atoms with E-state index in [0.29, 0.717) is 16.8 Å². The highest BCUT2D eigenvalue weighted by molar-refractivity contribution is 7.89. The number of alkyl halides is 3. The number of benzene rings is 1. The number of pyridine rings is 1. The molecule has 0 bridgehead atoms. The summed E-state index contributed by atoms with van der Waals surface area (Å²) < 4.78 is 63.6. The molecule has 3 N–H and O–H groups in total. The van der Waals surface area contributed by atoms with E-state index in [1.54, 1.807) is 43.4 Å². The molecular weight excluding hydrogens is 475 g/mol. The Labute approximate surface area is 195 Å². The molecule has 2 heterocycles. The van der Waals surface area contributed by atoms with Gasteiger partial charge in [-0.1, -0.05) is 30.3 Å². The summed E-state index contributed by atoms with van der Waals surface area (Å²) in [6.07, 6.45) is -3.34. The van der Waals surface area contributed by atoms with Gasteiger partial charge in [-0.05, 0) is 31.0 Å². The maximum Gasteiger partial charge on any atom is 0.315 e. The fourth-order valence-corrected chi connectivity index (χ4v) is 4.95. The lowest BCUT2D eigenvalue weighted by atomic mass is 9.92. The van der Waals surface area contributed by atoms with Crippen molar-refractivity contribution in [3.8, 4) is 11.1 Å². The third kappa shape index (κ3) is 5.24. The summed E-state index contributed by atoms with van der Waals surface area (Å²) in [6.45, 7) is 1.75. The number of aromatic nitrogens is 1. The molecule has 1 fully saturated rings. The van der Waals surface area contributed by atoms with Crippen molar-refractivity contribution < 1.29 is 36.6 Å². The number of hydrogen-bond donors (Lipinski definition) is 3. The standard InChI is InChI=1S/C22H26F3N3O5S/c1-13(2)34(32,33)28-11-22(31,12-28)18-8-7-16(10-26-18)14-3-5-15(6-4-14)19(29)17(9-23)27-21(30)20(24)25/h3-8,10,13,17,19-20,29,31H,9,11-12H2,1-2H3,(H,27,30)/t17-,19-/m1/s1. The average Bonchev–Trinajstić information content (AvgIpc) is 2.79. The fraction of sp³-hybridized carbons (Fsp3) is 0.455. The summed E-state index contributed by atoms with van der Waals surface area (Å²) >= 11 is 0. The zero-order chi connectivity index (χ0) is 25.3. The highest BCUT2D eigenvalue weighted by Crippen LogP contribution is 2.34. The Morgan fingerprint density at radius 1 is 1.15 bits per heavy atom. The highest BCUT2D eigenvalue weighted by Gasteiger charge is 2.49. The van der Waals surface area contributed by atoms with E-state index in [2.05, 4.69) is 4.98 Å². The normalized spacial score (nSPS) is 17.9. The van der Waals surface area contributed by atoms with Gasteiger partial charge in [0.1, 0.15) is 18.4 Å². The molecule has 1 aromatic carbocycles. The number of aliphatic hydroxyl groups is 2. The van der Waals surface area contributed by atoms with Crippen LogP contribution in [-0.4, -0.2) is 71.3 Å². The lowest BCUT2D eigenvalue weighted by molar-refractivity contribution is -0.133. The Kier molecular flexibility index (Phi) is 7.65. The lowest BCUT2D eigenvalue weighted by Crippen LogP contribution is -2.62. The van der Waals surface area contributed by atoms with Crippen LogP contribution >= 0.6 is 0 Å². The van der Waals surface area contributed by atoms with Gasteiger partial charge in [0.2, 0.25) is 10.0 Å². The van der Waals surface area contributed by atoms with Gasteiger partial charge in [-0.3, -0.25) is 9.78 Å². The largest absolute Gasteiger partial charge is 0.386 e. The van der Waals surface area contributed by atoms with Crippen molar-refractivity contribution in [3.63, 3.8) is 0 Å². The van der Waals surface area contributed by atoms with Gasteiger partial charge in [0.15, 0.2) is 0 Å². The molecule has 1 amide bonds. The van der Waals surface area contributed by atoms with Crippen LogP contribution in [0.15, 0.2) is 42.6 Å². The van der Waals surface area contributed by atoms with Crippen LogP contribution in [0.25, 0.3) is 11.1 Å². The van der Waals surface area contributed by atoms with Crippen molar-refractivity contribution in [2.45, 2.75) is 43.3 Å². The molecule has 0 saturated carbocycles. The molecule has 0 radical (unpaired) electrons. The molecule has 1 aliphatic heterocycles. The van der Waals surface area contributed by atoms with Crippen LogP contribution in [-0.2, 0) is 20.4 Å². The molecule has 1 saturated heterocycles. The zero-order valence-electron chi connectivity index (χ0n) is 18.5. The number of carbonyl (C=O) groups excluding carboxylic acids is 1. The predicted molar refractivity (Wildman–Crippen MR) is 118 cm³/mol. The minimum absolute atomic E-state index is 0.0791. The van der Waals surface area contributed by atoms with Gasteiger partial charge in [-0.2, -0.15) is 13.1 Å². The molecule has 0 spiro atoms. The van der Waals surface area contributed by atoms with Crippen LogP contribution in [0, 0.1) is 0 Å². The number of halogens is 3. The van der Waals surface area contributed by atoms with Crippen LogP contribution in [0.2, 0.25) is 0 Å². The summed E-state index contributed by atoms with van der Waals surface area (Å²) in [4.78, 5) is 15.4. The van der Waals surface area contributed by atoms with Gasteiger partial charge in [-0.15, -0.1) is 0 Å². The number of rotatable bonds is 9. The van der Waals surface area contributed by atoms with Crippen LogP contribution in [0.4, 0.5) is 13.2 Å². The fourth-order valence-electron chi connectivity index (χ4n) is 3.57. The van der Waals surface area contributed by atoms with Crippen molar-refractivity contribution in [2.24, 2.45) is 0 Å². The third-order valence-electron chi connectivity index (χ3n) is 5.73. The average molecular weight is 502 g/mol. The minimum atomic E-state index is -3.46. The summed E-state index contributed by atoms with van der Waals surface area (Å²) in [7, 11) is -3.46. The predicted octanol–water partition coefficient (Wildman–Crippen LogP) is 1.74. The van der Waals surface area contributed by atoms with E-state index in [1.165, 1.54) is 22.6 Å². The van der Waals surface area contributed by atoms with E-state index >= 15 is 0 Å². The first-order valence-corrected chi connectivity index (χ1v) is 12.0. The van der Waals surface area contributed by atoms with Crippen LogP contribution in [0.1, 0.15) is 31.2 Å². The van der Waals surface area contributed by atoms with Crippen LogP contribution < -0.4 is 5.32 Å². The maximum atomic E-state index is 13.2. The number of β-amino-alcohol motifs (C(OH)–C–C–N with tert-alkyl or cyclic N) is 1. The summed E-state index contributed by atoms with van der Waals surface area (Å²) in [5.74, 6) is -1.66. The van der Waals surface area contributed by atoms with Crippen molar-refractivity contribution >= 4 is 15.9 Å². The Morgan fingerprint density at radius 3 is 2.21 bits per heavy atom. The van der Waals surface area contributed by atoms with Crippen molar-refractivity contribution in [3.05, 3.63) is 53.9 Å². The molecule has 3 rings (SSSR count). The lowest BCUT2D eigenvalue weighted by Gasteiger charge is -2.45. The molecular formula is C22H26F3N3O5S. The van der Waals surface area contributed by atoms with E-state index < -0.39 is 52.0 Å². The van der Waals surface area contributed by atoms with Gasteiger partial charge in [0.25, 0.3) is 5.91 Å². The number of sulfonamides is 1. The number of hydrogen-bond acceptors (Lipinski definition) is 6. The second-order valence-corrected chi connectivity index (χ2v) is 11.0. The molecule has 8 nitrogen and oxygen atoms in total.